The number of nitrogens with one attached hydrogen (secondary N) is 1. The maximum atomic E-state index is 12.3. The van der Waals surface area contributed by atoms with Crippen molar-refractivity contribution in [3.8, 4) is 5.75 Å². The molecule has 8 heteroatoms. The van der Waals surface area contributed by atoms with Crippen molar-refractivity contribution < 1.29 is 22.7 Å². The Morgan fingerprint density at radius 3 is 2.42 bits per heavy atom. The van der Waals surface area contributed by atoms with Gasteiger partial charge in [0.2, 0.25) is 15.9 Å². The zero-order valence-corrected chi connectivity index (χ0v) is 16.3. The largest absolute Gasteiger partial charge is 0.497 e. The Labute approximate surface area is 155 Å². The lowest BCUT2D eigenvalue weighted by Gasteiger charge is -2.30. The number of nitrogens with zero attached hydrogens (tertiary/aromatic N) is 1. The van der Waals surface area contributed by atoms with Gasteiger partial charge in [-0.2, -0.15) is 0 Å². The predicted molar refractivity (Wildman–Crippen MR) is 99.7 cm³/mol. The number of carbonyl (C=O) groups excluding carboxylic acids is 1. The van der Waals surface area contributed by atoms with E-state index in [4.69, 9.17) is 9.47 Å². The van der Waals surface area contributed by atoms with E-state index < -0.39 is 10.0 Å². The molecule has 1 aromatic carbocycles. The van der Waals surface area contributed by atoms with Gasteiger partial charge < -0.3 is 14.8 Å². The van der Waals surface area contributed by atoms with Crippen molar-refractivity contribution in [1.82, 2.24) is 9.62 Å². The van der Waals surface area contributed by atoms with Crippen LogP contribution in [-0.2, 0) is 26.0 Å². The fraction of sp³-hybridized carbons (Fsp3) is 0.611. The van der Waals surface area contributed by atoms with Crippen LogP contribution in [0.3, 0.4) is 0 Å². The fourth-order valence-electron chi connectivity index (χ4n) is 2.98. The number of benzene rings is 1. The third-order valence-electron chi connectivity index (χ3n) is 4.64. The Hall–Kier alpha value is -1.64. The summed E-state index contributed by atoms with van der Waals surface area (Å²) in [5, 5.41) is 2.96. The molecular formula is C18H28N2O5S. The summed E-state index contributed by atoms with van der Waals surface area (Å²) in [7, 11) is -0.174. The maximum absolute atomic E-state index is 12.3. The fourth-order valence-corrected chi connectivity index (χ4v) is 4.38. The first-order chi connectivity index (χ1) is 12.5. The highest BCUT2D eigenvalue weighted by Gasteiger charge is 2.30. The van der Waals surface area contributed by atoms with E-state index in [1.807, 2.05) is 24.3 Å². The summed E-state index contributed by atoms with van der Waals surface area (Å²) in [5.41, 5.74) is 1.13. The second-order valence-corrected chi connectivity index (χ2v) is 8.46. The zero-order chi connectivity index (χ0) is 19.0. The Kier molecular flexibility index (Phi) is 7.86. The Morgan fingerprint density at radius 1 is 1.19 bits per heavy atom. The van der Waals surface area contributed by atoms with Crippen LogP contribution in [0.25, 0.3) is 0 Å². The number of methoxy groups -OCH3 is 2. The number of hydrogen-bond donors (Lipinski definition) is 1. The lowest BCUT2D eigenvalue weighted by Crippen LogP contribution is -2.44. The van der Waals surface area contributed by atoms with E-state index in [0.29, 0.717) is 32.5 Å². The van der Waals surface area contributed by atoms with Crippen molar-refractivity contribution in [2.24, 2.45) is 5.92 Å². The Bertz CT molecular complexity index is 667. The monoisotopic (exact) mass is 384 g/mol. The summed E-state index contributed by atoms with van der Waals surface area (Å²) < 4.78 is 35.7. The number of sulfonamides is 1. The minimum Gasteiger partial charge on any atom is -0.497 e. The number of amides is 1. The van der Waals surface area contributed by atoms with Crippen molar-refractivity contribution in [3.05, 3.63) is 29.8 Å². The highest BCUT2D eigenvalue weighted by atomic mass is 32.2. The second kappa shape index (κ2) is 9.89. The first kappa shape index (κ1) is 20.7. The number of rotatable bonds is 9. The highest BCUT2D eigenvalue weighted by molar-refractivity contribution is 7.89. The third kappa shape index (κ3) is 5.96. The van der Waals surface area contributed by atoms with Crippen molar-refractivity contribution >= 4 is 15.9 Å². The van der Waals surface area contributed by atoms with E-state index in [2.05, 4.69) is 5.32 Å². The predicted octanol–water partition coefficient (Wildman–Crippen LogP) is 1.04. The molecule has 7 nitrogen and oxygen atoms in total. The van der Waals surface area contributed by atoms with Crippen LogP contribution in [0.5, 0.6) is 5.75 Å². The molecule has 1 saturated heterocycles. The van der Waals surface area contributed by atoms with E-state index >= 15 is 0 Å². The molecule has 1 amide bonds. The molecule has 0 aromatic heterocycles. The van der Waals surface area contributed by atoms with Gasteiger partial charge in [0.05, 0.1) is 19.5 Å². The molecule has 0 spiro atoms. The zero-order valence-electron chi connectivity index (χ0n) is 15.4. The molecule has 1 aromatic rings. The third-order valence-corrected chi connectivity index (χ3v) is 6.47. The molecule has 0 atom stereocenters. The number of hydrogen-bond acceptors (Lipinski definition) is 5. The van der Waals surface area contributed by atoms with E-state index in [0.717, 1.165) is 17.7 Å². The maximum Gasteiger partial charge on any atom is 0.223 e. The molecule has 1 fully saturated rings. The van der Waals surface area contributed by atoms with E-state index in [9.17, 15) is 13.2 Å². The molecule has 0 bridgehead atoms. The van der Waals surface area contributed by atoms with Crippen LogP contribution in [-0.4, -0.2) is 64.8 Å². The van der Waals surface area contributed by atoms with Gasteiger partial charge in [-0.25, -0.2) is 12.7 Å². The Balaban J connectivity index is 1.72. The van der Waals surface area contributed by atoms with Crippen molar-refractivity contribution in [2.45, 2.75) is 19.3 Å². The molecule has 0 unspecified atom stereocenters. The quantitative estimate of drug-likeness (QED) is 0.688. The van der Waals surface area contributed by atoms with Gasteiger partial charge in [0.15, 0.2) is 0 Å². The van der Waals surface area contributed by atoms with E-state index in [1.165, 1.54) is 11.4 Å². The van der Waals surface area contributed by atoms with Crippen molar-refractivity contribution in [2.75, 3.05) is 46.2 Å². The van der Waals surface area contributed by atoms with Crippen LogP contribution in [0.4, 0.5) is 0 Å². The minimum absolute atomic E-state index is 0.00690. The second-order valence-electron chi connectivity index (χ2n) is 6.37. The minimum atomic E-state index is -3.29. The topological polar surface area (TPSA) is 84.9 Å². The number of carbonyl (C=O) groups is 1. The van der Waals surface area contributed by atoms with Gasteiger partial charge in [0.1, 0.15) is 5.75 Å². The molecular weight excluding hydrogens is 356 g/mol. The molecule has 146 valence electrons. The van der Waals surface area contributed by atoms with Crippen LogP contribution >= 0.6 is 0 Å². The number of piperidine rings is 1. The molecule has 2 rings (SSSR count). The van der Waals surface area contributed by atoms with Crippen molar-refractivity contribution in [3.63, 3.8) is 0 Å². The van der Waals surface area contributed by atoms with Gasteiger partial charge in [-0.05, 0) is 37.0 Å². The smallest absolute Gasteiger partial charge is 0.223 e. The summed E-state index contributed by atoms with van der Waals surface area (Å²) in [5.74, 6) is 0.680. The van der Waals surface area contributed by atoms with E-state index in [-0.39, 0.29) is 24.2 Å². The molecule has 0 saturated carbocycles. The van der Waals surface area contributed by atoms with Crippen LogP contribution in [0.2, 0.25) is 0 Å². The first-order valence-electron chi connectivity index (χ1n) is 8.83. The summed E-state index contributed by atoms with van der Waals surface area (Å²) in [6.07, 6.45) is 1.86. The standard InChI is InChI=1S/C18H28N2O5S/c1-24-13-14-26(22,23)20-11-8-16(9-12-20)18(21)19-10-7-15-3-5-17(25-2)6-4-15/h3-6,16H,7-14H2,1-2H3,(H,19,21). The molecule has 1 N–H and O–H groups in total. The highest BCUT2D eigenvalue weighted by Crippen LogP contribution is 2.20. The summed E-state index contributed by atoms with van der Waals surface area (Å²) in [6, 6.07) is 7.76. The summed E-state index contributed by atoms with van der Waals surface area (Å²) in [4.78, 5) is 12.3. The average molecular weight is 384 g/mol. The van der Waals surface area contributed by atoms with Crippen LogP contribution in [0.1, 0.15) is 18.4 Å². The first-order valence-corrected chi connectivity index (χ1v) is 10.4. The van der Waals surface area contributed by atoms with Gasteiger partial charge in [-0.1, -0.05) is 12.1 Å². The van der Waals surface area contributed by atoms with Gasteiger partial charge >= 0.3 is 0 Å². The SMILES string of the molecule is COCCS(=O)(=O)N1CCC(C(=O)NCCc2ccc(OC)cc2)CC1. The molecule has 0 radical (unpaired) electrons. The summed E-state index contributed by atoms with van der Waals surface area (Å²) in [6.45, 7) is 1.54. The Morgan fingerprint density at radius 2 is 1.85 bits per heavy atom. The molecule has 1 heterocycles. The van der Waals surface area contributed by atoms with Gasteiger partial charge in [0.25, 0.3) is 0 Å². The van der Waals surface area contributed by atoms with Gasteiger partial charge in [0, 0.05) is 32.7 Å². The number of ether oxygens (including phenoxy) is 2. The molecule has 0 aliphatic carbocycles. The lowest BCUT2D eigenvalue weighted by atomic mass is 9.97. The lowest BCUT2D eigenvalue weighted by molar-refractivity contribution is -0.126. The van der Waals surface area contributed by atoms with E-state index in [1.54, 1.807) is 7.11 Å². The molecule has 1 aliphatic heterocycles. The van der Waals surface area contributed by atoms with Crippen LogP contribution in [0, 0.1) is 5.92 Å². The van der Waals surface area contributed by atoms with Crippen LogP contribution < -0.4 is 10.1 Å². The van der Waals surface area contributed by atoms with Crippen LogP contribution in [0.15, 0.2) is 24.3 Å². The van der Waals surface area contributed by atoms with Gasteiger partial charge in [-0.15, -0.1) is 0 Å². The molecule has 1 aliphatic rings. The average Bonchev–Trinajstić information content (AvgIpc) is 2.67. The van der Waals surface area contributed by atoms with Gasteiger partial charge in [-0.3, -0.25) is 4.79 Å². The normalized spacial score (nSPS) is 16.4. The van der Waals surface area contributed by atoms with Crippen molar-refractivity contribution in [1.29, 1.82) is 0 Å². The summed E-state index contributed by atoms with van der Waals surface area (Å²) >= 11 is 0. The molecule has 26 heavy (non-hydrogen) atoms.